The highest BCUT2D eigenvalue weighted by Gasteiger charge is 2.11. The molecule has 150 valence electrons. The number of hydrogen-bond donors (Lipinski definition) is 1. The number of hydrogen-bond acceptors (Lipinski definition) is 5. The van der Waals surface area contributed by atoms with Crippen molar-refractivity contribution in [1.82, 2.24) is 0 Å². The molecule has 0 aliphatic carbocycles. The van der Waals surface area contributed by atoms with Crippen LogP contribution in [0.4, 0.5) is 10.1 Å². The third-order valence-electron chi connectivity index (χ3n) is 3.77. The minimum atomic E-state index is -0.464. The topological polar surface area (TPSA) is 90.3 Å². The van der Waals surface area contributed by atoms with Crippen molar-refractivity contribution in [3.63, 3.8) is 0 Å². The van der Waals surface area contributed by atoms with Gasteiger partial charge in [0.05, 0.1) is 26.2 Å². The van der Waals surface area contributed by atoms with Crippen LogP contribution in [0.5, 0.6) is 11.5 Å². The summed E-state index contributed by atoms with van der Waals surface area (Å²) in [5.41, 5.74) is 10.4. The highest BCUT2D eigenvalue weighted by Crippen LogP contribution is 2.21. The predicted octanol–water partition coefficient (Wildman–Crippen LogP) is 2.14. The molecule has 0 atom stereocenters. The molecule has 0 aliphatic heterocycles. The van der Waals surface area contributed by atoms with Crippen molar-refractivity contribution >= 4 is 11.7 Å². The van der Waals surface area contributed by atoms with Gasteiger partial charge in [0, 0.05) is 18.7 Å². The summed E-state index contributed by atoms with van der Waals surface area (Å²) in [5.74, 6) is 0.00134. The number of ether oxygens (including phenoxy) is 4. The van der Waals surface area contributed by atoms with Crippen molar-refractivity contribution in [3.8, 4) is 11.5 Å². The highest BCUT2D eigenvalue weighted by atomic mass is 19.1. The van der Waals surface area contributed by atoms with E-state index in [1.807, 2.05) is 0 Å². The first kappa shape index (κ1) is 21.5. The van der Waals surface area contributed by atoms with Crippen LogP contribution in [0.25, 0.3) is 5.53 Å². The monoisotopic (exact) mass is 390 g/mol. The number of esters is 1. The van der Waals surface area contributed by atoms with Gasteiger partial charge in [0.15, 0.2) is 5.69 Å². The summed E-state index contributed by atoms with van der Waals surface area (Å²) in [6.45, 7) is 1.80. The molecule has 0 saturated heterocycles. The van der Waals surface area contributed by atoms with Gasteiger partial charge < -0.3 is 24.5 Å². The summed E-state index contributed by atoms with van der Waals surface area (Å²) in [7, 11) is 1.60. The van der Waals surface area contributed by atoms with E-state index < -0.39 is 11.8 Å². The second-order valence-electron chi connectivity index (χ2n) is 5.81. The number of methoxy groups -OCH3 is 1. The molecule has 0 fully saturated rings. The lowest BCUT2D eigenvalue weighted by atomic mass is 10.1. The van der Waals surface area contributed by atoms with Crippen LogP contribution in [0.3, 0.4) is 0 Å². The molecule has 0 aromatic heterocycles. The molecule has 7 nitrogen and oxygen atoms in total. The van der Waals surface area contributed by atoms with E-state index in [4.69, 9.17) is 18.9 Å². The van der Waals surface area contributed by atoms with E-state index in [-0.39, 0.29) is 12.2 Å². The summed E-state index contributed by atoms with van der Waals surface area (Å²) in [6.07, 6.45) is 0.403. The maximum Gasteiger partial charge on any atom is 0.311 e. The Kier molecular flexibility index (Phi) is 9.03. The molecule has 2 aromatic carbocycles. The van der Waals surface area contributed by atoms with Gasteiger partial charge in [-0.1, -0.05) is 0 Å². The predicted molar refractivity (Wildman–Crippen MR) is 99.0 cm³/mol. The van der Waals surface area contributed by atoms with Crippen LogP contribution in [0.2, 0.25) is 0 Å². The molecule has 0 amide bonds. The molecule has 0 heterocycles. The third-order valence-corrected chi connectivity index (χ3v) is 3.77. The van der Waals surface area contributed by atoms with Crippen LogP contribution in [-0.4, -0.2) is 39.5 Å². The standard InChI is InChI=1S/C20H23FN2O5/c1-25-10-11-26-12-13-27-18-7-8-19(23-22)15(14-18)2-9-20(24)28-17-5-3-16(21)4-6-17/h3-8,14,23H,2,9-13H2,1H3. The summed E-state index contributed by atoms with van der Waals surface area (Å²) >= 11 is 0. The lowest BCUT2D eigenvalue weighted by Gasteiger charge is -2.10. The fourth-order valence-electron chi connectivity index (χ4n) is 2.36. The summed E-state index contributed by atoms with van der Waals surface area (Å²) in [4.78, 5) is 12.0. The third kappa shape index (κ3) is 7.42. The molecular weight excluding hydrogens is 367 g/mol. The van der Waals surface area contributed by atoms with Crippen molar-refractivity contribution in [2.24, 2.45) is 0 Å². The Labute approximate surface area is 162 Å². The lowest BCUT2D eigenvalue weighted by Crippen LogP contribution is -2.55. The van der Waals surface area contributed by atoms with E-state index >= 15 is 0 Å². The number of carbonyl (C=O) groups excluding carboxylic acids is 1. The number of rotatable bonds is 12. The van der Waals surface area contributed by atoms with E-state index in [9.17, 15) is 14.7 Å². The number of halogens is 1. The van der Waals surface area contributed by atoms with Crippen LogP contribution in [-0.2, 0) is 20.7 Å². The SMILES string of the molecule is COCCOCCOc1ccc([NH+]=[N-])c(CCC(=O)Oc2ccc(F)cc2)c1. The Morgan fingerprint density at radius 1 is 1.04 bits per heavy atom. The molecule has 0 radical (unpaired) electrons. The molecule has 8 heteroatoms. The lowest BCUT2D eigenvalue weighted by molar-refractivity contribution is -0.380. The smallest absolute Gasteiger partial charge is 0.311 e. The van der Waals surface area contributed by atoms with E-state index in [2.05, 4.69) is 5.11 Å². The van der Waals surface area contributed by atoms with E-state index in [0.717, 1.165) is 0 Å². The highest BCUT2D eigenvalue weighted by molar-refractivity contribution is 5.72. The summed E-state index contributed by atoms with van der Waals surface area (Å²) < 4.78 is 33.9. The molecule has 0 saturated carbocycles. The van der Waals surface area contributed by atoms with Gasteiger partial charge in [0.25, 0.3) is 0 Å². The van der Waals surface area contributed by atoms with Crippen LogP contribution in [0.1, 0.15) is 12.0 Å². The average Bonchev–Trinajstić information content (AvgIpc) is 2.71. The van der Waals surface area contributed by atoms with Crippen molar-refractivity contribution in [1.29, 1.82) is 0 Å². The maximum atomic E-state index is 12.9. The minimum absolute atomic E-state index is 0.0790. The Morgan fingerprint density at radius 3 is 2.46 bits per heavy atom. The van der Waals surface area contributed by atoms with Gasteiger partial charge in [-0.05, 0) is 42.8 Å². The molecule has 1 N–H and O–H groups in total. The zero-order valence-electron chi connectivity index (χ0n) is 15.7. The molecule has 2 aromatic rings. The van der Waals surface area contributed by atoms with Crippen LogP contribution >= 0.6 is 0 Å². The van der Waals surface area contributed by atoms with E-state index in [0.29, 0.717) is 49.8 Å². The fourth-order valence-corrected chi connectivity index (χ4v) is 2.36. The summed E-state index contributed by atoms with van der Waals surface area (Å²) in [5, 5.41) is 2.10. The Morgan fingerprint density at radius 2 is 1.75 bits per heavy atom. The Bertz CT molecular complexity index is 768. The maximum absolute atomic E-state index is 12.9. The molecule has 0 spiro atoms. The van der Waals surface area contributed by atoms with Crippen LogP contribution < -0.4 is 14.6 Å². The molecular formula is C20H23FN2O5. The fraction of sp³-hybridized carbons (Fsp3) is 0.350. The van der Waals surface area contributed by atoms with Gasteiger partial charge in [0.1, 0.15) is 23.9 Å². The number of benzene rings is 2. The van der Waals surface area contributed by atoms with Gasteiger partial charge in [-0.2, -0.15) is 0 Å². The van der Waals surface area contributed by atoms with Gasteiger partial charge in [0.2, 0.25) is 0 Å². The molecule has 2 rings (SSSR count). The van der Waals surface area contributed by atoms with Crippen molar-refractivity contribution in [2.45, 2.75) is 12.8 Å². The number of aryl methyl sites for hydroxylation is 1. The zero-order chi connectivity index (χ0) is 20.2. The zero-order valence-corrected chi connectivity index (χ0v) is 15.7. The van der Waals surface area contributed by atoms with Gasteiger partial charge in [-0.3, -0.25) is 9.91 Å². The molecule has 0 unspecified atom stereocenters. The van der Waals surface area contributed by atoms with Gasteiger partial charge in [-0.25, -0.2) is 4.39 Å². The number of carbonyl (C=O) groups is 1. The second kappa shape index (κ2) is 11.8. The molecule has 28 heavy (non-hydrogen) atoms. The quantitative estimate of drug-likeness (QED) is 0.260. The van der Waals surface area contributed by atoms with Crippen LogP contribution in [0.15, 0.2) is 42.5 Å². The average molecular weight is 390 g/mol. The van der Waals surface area contributed by atoms with Gasteiger partial charge in [-0.15, -0.1) is 0 Å². The normalized spacial score (nSPS) is 10.5. The first-order chi connectivity index (χ1) is 13.6. The number of nitrogens with zero attached hydrogens (tertiary/aromatic N) is 1. The van der Waals surface area contributed by atoms with Crippen molar-refractivity contribution < 1.29 is 33.2 Å². The largest absolute Gasteiger partial charge is 0.502 e. The summed E-state index contributed by atoms with van der Waals surface area (Å²) in [6, 6.07) is 10.3. The first-order valence-corrected chi connectivity index (χ1v) is 8.81. The van der Waals surface area contributed by atoms with Crippen molar-refractivity contribution in [2.75, 3.05) is 33.5 Å². The molecule has 0 bridgehead atoms. The number of nitrogens with one attached hydrogen (secondary N) is 1. The Balaban J connectivity index is 1.85. The van der Waals surface area contributed by atoms with E-state index in [1.54, 1.807) is 25.3 Å². The van der Waals surface area contributed by atoms with E-state index in [1.165, 1.54) is 24.3 Å². The Hall–Kier alpha value is -2.84. The van der Waals surface area contributed by atoms with Crippen molar-refractivity contribution in [3.05, 3.63) is 59.4 Å². The van der Waals surface area contributed by atoms with Gasteiger partial charge >= 0.3 is 5.97 Å². The minimum Gasteiger partial charge on any atom is -0.502 e. The first-order valence-electron chi connectivity index (χ1n) is 8.81. The van der Waals surface area contributed by atoms with Crippen LogP contribution in [0, 0.1) is 5.82 Å². The molecule has 0 aliphatic rings. The second-order valence-corrected chi connectivity index (χ2v) is 5.81.